The Kier molecular flexibility index (Phi) is 4.48. The molecule has 8 heteroatoms. The number of amides is 1. The normalized spacial score (nSPS) is 15.0. The van der Waals surface area contributed by atoms with Crippen molar-refractivity contribution in [2.45, 2.75) is 6.18 Å². The number of benzene rings is 2. The van der Waals surface area contributed by atoms with Gasteiger partial charge in [0.05, 0.1) is 21.2 Å². The number of alkyl halides is 3. The van der Waals surface area contributed by atoms with E-state index >= 15 is 0 Å². The van der Waals surface area contributed by atoms with Gasteiger partial charge < -0.3 is 9.73 Å². The molecule has 4 rings (SSSR count). The molecule has 0 fully saturated rings. The Bertz CT molecular complexity index is 1130. The summed E-state index contributed by atoms with van der Waals surface area (Å²) in [6.45, 7) is 0. The molecule has 3 nitrogen and oxygen atoms in total. The monoisotopic (exact) mass is 423 g/mol. The second-order valence-corrected chi connectivity index (χ2v) is 6.92. The molecule has 1 aromatic heterocycles. The van der Waals surface area contributed by atoms with Crippen molar-refractivity contribution < 1.29 is 22.4 Å². The van der Waals surface area contributed by atoms with Crippen LogP contribution in [0, 0.1) is 0 Å². The second-order valence-electron chi connectivity index (χ2n) is 6.10. The van der Waals surface area contributed by atoms with Crippen molar-refractivity contribution in [3.8, 4) is 11.3 Å². The topological polar surface area (TPSA) is 42.2 Å². The number of fused-ring (bicyclic) bond motifs is 1. The van der Waals surface area contributed by atoms with Gasteiger partial charge in [-0.05, 0) is 48.5 Å². The first kappa shape index (κ1) is 18.7. The smallest absolute Gasteiger partial charge is 0.416 e. The molecule has 0 saturated carbocycles. The SMILES string of the molecule is O=C1Nc2cc(C(F)(F)F)ccc2/C1=C\c1ccc(-c2ccc(Cl)c(Cl)c2)o1. The zero-order valence-corrected chi connectivity index (χ0v) is 15.4. The van der Waals surface area contributed by atoms with E-state index in [1.54, 1.807) is 30.3 Å². The summed E-state index contributed by atoms with van der Waals surface area (Å²) in [6.07, 6.45) is -3.00. The highest BCUT2D eigenvalue weighted by atomic mass is 35.5. The van der Waals surface area contributed by atoms with Crippen molar-refractivity contribution in [1.29, 1.82) is 0 Å². The molecular formula is C20H10Cl2F3NO2. The number of hydrogen-bond acceptors (Lipinski definition) is 2. The minimum atomic E-state index is -4.48. The van der Waals surface area contributed by atoms with Crippen LogP contribution >= 0.6 is 23.2 Å². The summed E-state index contributed by atoms with van der Waals surface area (Å²) >= 11 is 11.9. The standard InChI is InChI=1S/C20H10Cl2F3NO2/c21-15-5-1-10(7-16(15)22)18-6-3-12(28-18)9-14-13-4-2-11(20(23,24)25)8-17(13)26-19(14)27/h1-9H,(H,26,27)/b14-9+. The zero-order chi connectivity index (χ0) is 20.1. The maximum absolute atomic E-state index is 12.9. The van der Waals surface area contributed by atoms with Gasteiger partial charge in [0.1, 0.15) is 11.5 Å². The highest BCUT2D eigenvalue weighted by Crippen LogP contribution is 2.39. The molecule has 0 spiro atoms. The lowest BCUT2D eigenvalue weighted by Gasteiger charge is -2.07. The average molecular weight is 424 g/mol. The van der Waals surface area contributed by atoms with Gasteiger partial charge >= 0.3 is 6.18 Å². The van der Waals surface area contributed by atoms with Crippen molar-refractivity contribution in [1.82, 2.24) is 0 Å². The van der Waals surface area contributed by atoms with E-state index in [0.717, 1.165) is 12.1 Å². The number of halogens is 5. The van der Waals surface area contributed by atoms with Gasteiger partial charge in [-0.1, -0.05) is 29.3 Å². The molecule has 1 aliphatic heterocycles. The zero-order valence-electron chi connectivity index (χ0n) is 13.9. The predicted molar refractivity (Wildman–Crippen MR) is 102 cm³/mol. The Labute approximate surface area is 167 Å². The molecule has 0 saturated heterocycles. The van der Waals surface area contributed by atoms with Crippen molar-refractivity contribution >= 4 is 46.4 Å². The van der Waals surface area contributed by atoms with Crippen LogP contribution in [0.25, 0.3) is 23.0 Å². The first-order valence-corrected chi connectivity index (χ1v) is 8.78. The largest absolute Gasteiger partial charge is 0.457 e. The van der Waals surface area contributed by atoms with E-state index < -0.39 is 17.6 Å². The molecular weight excluding hydrogens is 414 g/mol. The molecule has 0 unspecified atom stereocenters. The third kappa shape index (κ3) is 3.41. The van der Waals surface area contributed by atoms with Gasteiger partial charge in [0.2, 0.25) is 0 Å². The fourth-order valence-electron chi connectivity index (χ4n) is 2.89. The Morgan fingerprint density at radius 2 is 1.75 bits per heavy atom. The molecule has 142 valence electrons. The fraction of sp³-hybridized carbons (Fsp3) is 0.0500. The number of carbonyl (C=O) groups is 1. The minimum Gasteiger partial charge on any atom is -0.457 e. The van der Waals surface area contributed by atoms with Gasteiger partial charge in [-0.15, -0.1) is 0 Å². The quantitative estimate of drug-likeness (QED) is 0.462. The van der Waals surface area contributed by atoms with Gasteiger partial charge in [-0.3, -0.25) is 4.79 Å². The van der Waals surface area contributed by atoms with Crippen LogP contribution in [0.1, 0.15) is 16.9 Å². The third-order valence-electron chi connectivity index (χ3n) is 4.25. The molecule has 1 amide bonds. The van der Waals surface area contributed by atoms with E-state index in [9.17, 15) is 18.0 Å². The number of hydrogen-bond donors (Lipinski definition) is 1. The van der Waals surface area contributed by atoms with Crippen molar-refractivity contribution in [2.75, 3.05) is 5.32 Å². The molecule has 2 heterocycles. The lowest BCUT2D eigenvalue weighted by atomic mass is 10.0. The molecule has 1 aliphatic rings. The summed E-state index contributed by atoms with van der Waals surface area (Å²) < 4.78 is 44.3. The first-order valence-electron chi connectivity index (χ1n) is 8.02. The Morgan fingerprint density at radius 1 is 0.964 bits per heavy atom. The molecule has 0 bridgehead atoms. The number of rotatable bonds is 2. The first-order chi connectivity index (χ1) is 13.2. The van der Waals surface area contributed by atoms with Crippen LogP contribution in [0.5, 0.6) is 0 Å². The van der Waals surface area contributed by atoms with E-state index in [1.165, 1.54) is 12.1 Å². The maximum Gasteiger partial charge on any atom is 0.416 e. The van der Waals surface area contributed by atoms with E-state index in [4.69, 9.17) is 27.6 Å². The van der Waals surface area contributed by atoms with E-state index in [1.807, 2.05) is 0 Å². The van der Waals surface area contributed by atoms with Gasteiger partial charge in [-0.2, -0.15) is 13.2 Å². The van der Waals surface area contributed by atoms with Crippen LogP contribution in [0.15, 0.2) is 52.9 Å². The predicted octanol–water partition coefficient (Wildman–Crippen LogP) is 6.76. The highest BCUT2D eigenvalue weighted by molar-refractivity contribution is 6.42. The summed E-state index contributed by atoms with van der Waals surface area (Å²) in [5.74, 6) is 0.386. The highest BCUT2D eigenvalue weighted by Gasteiger charge is 2.33. The average Bonchev–Trinajstić information content (AvgIpc) is 3.21. The Hall–Kier alpha value is -2.70. The summed E-state index contributed by atoms with van der Waals surface area (Å²) in [7, 11) is 0. The van der Waals surface area contributed by atoms with Crippen molar-refractivity contribution in [2.24, 2.45) is 0 Å². The molecule has 1 N–H and O–H groups in total. The van der Waals surface area contributed by atoms with E-state index in [2.05, 4.69) is 5.32 Å². The van der Waals surface area contributed by atoms with Gasteiger partial charge in [0.25, 0.3) is 5.91 Å². The number of nitrogens with one attached hydrogen (secondary N) is 1. The molecule has 0 atom stereocenters. The van der Waals surface area contributed by atoms with Crippen LogP contribution < -0.4 is 5.32 Å². The minimum absolute atomic E-state index is 0.113. The van der Waals surface area contributed by atoms with Gasteiger partial charge in [-0.25, -0.2) is 0 Å². The van der Waals surface area contributed by atoms with Crippen LogP contribution in [-0.2, 0) is 11.0 Å². The van der Waals surface area contributed by atoms with Crippen LogP contribution in [0.2, 0.25) is 10.0 Å². The lowest BCUT2D eigenvalue weighted by Crippen LogP contribution is -2.06. The molecule has 0 radical (unpaired) electrons. The fourth-order valence-corrected chi connectivity index (χ4v) is 3.19. The van der Waals surface area contributed by atoms with Crippen molar-refractivity contribution in [3.63, 3.8) is 0 Å². The maximum atomic E-state index is 12.9. The number of carbonyl (C=O) groups excluding carboxylic acids is 1. The summed E-state index contributed by atoms with van der Waals surface area (Å²) in [5.41, 5.74) is 0.587. The van der Waals surface area contributed by atoms with Crippen LogP contribution in [-0.4, -0.2) is 5.91 Å². The van der Waals surface area contributed by atoms with Gasteiger partial charge in [0, 0.05) is 16.8 Å². The Morgan fingerprint density at radius 3 is 2.46 bits per heavy atom. The van der Waals surface area contributed by atoms with Gasteiger partial charge in [0.15, 0.2) is 0 Å². The summed E-state index contributed by atoms with van der Waals surface area (Å²) in [4.78, 5) is 12.2. The number of anilines is 1. The van der Waals surface area contributed by atoms with E-state index in [-0.39, 0.29) is 11.3 Å². The summed E-state index contributed by atoms with van der Waals surface area (Å²) in [5, 5.41) is 3.24. The van der Waals surface area contributed by atoms with Crippen LogP contribution in [0.4, 0.5) is 18.9 Å². The van der Waals surface area contributed by atoms with Crippen molar-refractivity contribution in [3.05, 3.63) is 75.5 Å². The molecule has 28 heavy (non-hydrogen) atoms. The number of furan rings is 1. The molecule has 0 aliphatic carbocycles. The van der Waals surface area contributed by atoms with E-state index in [0.29, 0.717) is 32.7 Å². The lowest BCUT2D eigenvalue weighted by molar-refractivity contribution is -0.137. The third-order valence-corrected chi connectivity index (χ3v) is 4.99. The Balaban J connectivity index is 1.68. The summed E-state index contributed by atoms with van der Waals surface area (Å²) in [6, 6.07) is 11.5. The van der Waals surface area contributed by atoms with Crippen LogP contribution in [0.3, 0.4) is 0 Å². The molecule has 2 aromatic carbocycles. The second kappa shape index (κ2) is 6.72. The molecule has 3 aromatic rings.